The highest BCUT2D eigenvalue weighted by molar-refractivity contribution is 6.35. The summed E-state index contributed by atoms with van der Waals surface area (Å²) in [6.45, 7) is 3.46. The van der Waals surface area contributed by atoms with Crippen molar-refractivity contribution in [3.05, 3.63) is 64.7 Å². The molecule has 2 amide bonds. The first-order chi connectivity index (χ1) is 14.1. The third-order valence-corrected chi connectivity index (χ3v) is 5.53. The third-order valence-electron chi connectivity index (χ3n) is 5.28. The van der Waals surface area contributed by atoms with Gasteiger partial charge in [0.15, 0.2) is 0 Å². The minimum atomic E-state index is -0.332. The lowest BCUT2D eigenvalue weighted by Crippen LogP contribution is -2.48. The van der Waals surface area contributed by atoms with E-state index < -0.39 is 0 Å². The molecule has 1 aromatic carbocycles. The van der Waals surface area contributed by atoms with Crippen LogP contribution >= 0.6 is 11.6 Å². The Morgan fingerprint density at radius 1 is 1.00 bits per heavy atom. The Balaban J connectivity index is 1.67. The number of carbonyl (C=O) groups excluding carboxylic acids is 2. The predicted molar refractivity (Wildman–Crippen MR) is 108 cm³/mol. The van der Waals surface area contributed by atoms with E-state index >= 15 is 0 Å². The van der Waals surface area contributed by atoms with E-state index in [1.807, 2.05) is 4.90 Å². The van der Waals surface area contributed by atoms with E-state index in [2.05, 4.69) is 4.90 Å². The van der Waals surface area contributed by atoms with Crippen LogP contribution in [-0.2, 0) is 16.1 Å². The van der Waals surface area contributed by atoms with Crippen molar-refractivity contribution in [2.45, 2.75) is 6.54 Å². The predicted octanol–water partition coefficient (Wildman–Crippen LogP) is 1.82. The molecule has 0 aliphatic carbocycles. The molecule has 0 radical (unpaired) electrons. The molecule has 0 unspecified atom stereocenters. The first kappa shape index (κ1) is 19.7. The average Bonchev–Trinajstić information content (AvgIpc) is 3.32. The average molecular weight is 416 g/mol. The number of aliphatic hydroxyl groups is 1. The van der Waals surface area contributed by atoms with Crippen LogP contribution in [0.1, 0.15) is 11.3 Å². The quantitative estimate of drug-likeness (QED) is 0.725. The number of nitrogens with zero attached hydrogens (tertiary/aromatic N) is 3. The minimum Gasteiger partial charge on any atom is -0.467 e. The maximum absolute atomic E-state index is 13.3. The maximum Gasteiger partial charge on any atom is 0.278 e. The summed E-state index contributed by atoms with van der Waals surface area (Å²) in [5.74, 6) is -0.0929. The molecule has 0 atom stereocenters. The van der Waals surface area contributed by atoms with Crippen molar-refractivity contribution in [1.29, 1.82) is 0 Å². The van der Waals surface area contributed by atoms with Crippen LogP contribution in [0, 0.1) is 0 Å². The number of carbonyl (C=O) groups is 2. The molecule has 152 valence electrons. The Labute approximate surface area is 173 Å². The zero-order valence-corrected chi connectivity index (χ0v) is 16.6. The highest BCUT2D eigenvalue weighted by Crippen LogP contribution is 2.33. The van der Waals surface area contributed by atoms with Crippen molar-refractivity contribution in [2.24, 2.45) is 0 Å². The molecule has 0 bridgehead atoms. The number of rotatable bonds is 6. The standard InChI is InChI=1S/C21H22ClN3O4/c22-16-5-3-15(4-6-16)18-19(24-9-7-23(8-10-24)11-12-26)21(28)25(20(18)27)14-17-2-1-13-29-17/h1-6,13,26H,7-12,14H2. The Morgan fingerprint density at radius 2 is 1.72 bits per heavy atom. The molecule has 1 N–H and O–H groups in total. The number of amides is 2. The monoisotopic (exact) mass is 415 g/mol. The topological polar surface area (TPSA) is 77.2 Å². The van der Waals surface area contributed by atoms with Gasteiger partial charge in [0.05, 0.1) is 25.0 Å². The second kappa shape index (κ2) is 8.41. The molecule has 1 fully saturated rings. The van der Waals surface area contributed by atoms with E-state index in [0.29, 0.717) is 47.3 Å². The smallest absolute Gasteiger partial charge is 0.278 e. The van der Waals surface area contributed by atoms with Crippen LogP contribution in [-0.4, -0.2) is 71.0 Å². The molecule has 3 heterocycles. The second-order valence-electron chi connectivity index (χ2n) is 7.06. The van der Waals surface area contributed by atoms with Gasteiger partial charge in [-0.25, -0.2) is 0 Å². The number of piperazine rings is 1. The maximum atomic E-state index is 13.3. The van der Waals surface area contributed by atoms with Crippen LogP contribution in [0.2, 0.25) is 5.02 Å². The van der Waals surface area contributed by atoms with Gasteiger partial charge < -0.3 is 14.4 Å². The molecule has 1 saturated heterocycles. The fraction of sp³-hybridized carbons (Fsp3) is 0.333. The van der Waals surface area contributed by atoms with E-state index in [1.54, 1.807) is 36.4 Å². The molecular formula is C21H22ClN3O4. The summed E-state index contributed by atoms with van der Waals surface area (Å²) in [4.78, 5) is 31.9. The van der Waals surface area contributed by atoms with Crippen molar-refractivity contribution in [3.8, 4) is 0 Å². The van der Waals surface area contributed by atoms with Gasteiger partial charge in [-0.05, 0) is 29.8 Å². The number of benzene rings is 1. The van der Waals surface area contributed by atoms with Crippen LogP contribution in [0.15, 0.2) is 52.8 Å². The Hall–Kier alpha value is -2.61. The normalized spacial score (nSPS) is 18.3. The fourth-order valence-electron chi connectivity index (χ4n) is 3.77. The highest BCUT2D eigenvalue weighted by atomic mass is 35.5. The summed E-state index contributed by atoms with van der Waals surface area (Å²) in [5, 5.41) is 9.72. The molecule has 4 rings (SSSR count). The molecule has 1 aromatic heterocycles. The lowest BCUT2D eigenvalue weighted by Gasteiger charge is -2.36. The number of hydrogen-bond donors (Lipinski definition) is 1. The molecule has 2 aromatic rings. The molecule has 29 heavy (non-hydrogen) atoms. The van der Waals surface area contributed by atoms with Crippen LogP contribution in [0.4, 0.5) is 0 Å². The Morgan fingerprint density at radius 3 is 2.34 bits per heavy atom. The molecule has 0 spiro atoms. The van der Waals surface area contributed by atoms with Crippen molar-refractivity contribution < 1.29 is 19.1 Å². The van der Waals surface area contributed by atoms with Gasteiger partial charge in [0.25, 0.3) is 11.8 Å². The van der Waals surface area contributed by atoms with Gasteiger partial charge in [-0.2, -0.15) is 0 Å². The summed E-state index contributed by atoms with van der Waals surface area (Å²) >= 11 is 6.01. The van der Waals surface area contributed by atoms with Crippen LogP contribution in [0.5, 0.6) is 0 Å². The van der Waals surface area contributed by atoms with Crippen LogP contribution in [0.3, 0.4) is 0 Å². The molecule has 2 aliphatic rings. The van der Waals surface area contributed by atoms with E-state index in [-0.39, 0.29) is 25.0 Å². The van der Waals surface area contributed by atoms with E-state index in [9.17, 15) is 9.59 Å². The van der Waals surface area contributed by atoms with Crippen molar-refractivity contribution >= 4 is 29.0 Å². The Kier molecular flexibility index (Phi) is 5.71. The SMILES string of the molecule is O=C1C(c2ccc(Cl)cc2)=C(N2CCN(CCO)CC2)C(=O)N1Cc1ccco1. The molecule has 2 aliphatic heterocycles. The summed E-state index contributed by atoms with van der Waals surface area (Å²) in [6.07, 6.45) is 1.52. The van der Waals surface area contributed by atoms with Gasteiger partial charge in [-0.15, -0.1) is 0 Å². The lowest BCUT2D eigenvalue weighted by molar-refractivity contribution is -0.138. The summed E-state index contributed by atoms with van der Waals surface area (Å²) < 4.78 is 5.34. The first-order valence-corrected chi connectivity index (χ1v) is 9.93. The number of imide groups is 1. The van der Waals surface area contributed by atoms with Gasteiger partial charge in [0, 0.05) is 37.7 Å². The van der Waals surface area contributed by atoms with E-state index in [1.165, 1.54) is 11.2 Å². The van der Waals surface area contributed by atoms with Gasteiger partial charge in [0.1, 0.15) is 11.5 Å². The van der Waals surface area contributed by atoms with Crippen LogP contribution in [0.25, 0.3) is 5.57 Å². The summed E-state index contributed by atoms with van der Waals surface area (Å²) in [6, 6.07) is 10.4. The first-order valence-electron chi connectivity index (χ1n) is 9.55. The van der Waals surface area contributed by atoms with Gasteiger partial charge in [-0.1, -0.05) is 23.7 Å². The van der Waals surface area contributed by atoms with Gasteiger partial charge in [0.2, 0.25) is 0 Å². The molecule has 7 nitrogen and oxygen atoms in total. The number of aliphatic hydroxyl groups excluding tert-OH is 1. The second-order valence-corrected chi connectivity index (χ2v) is 7.50. The lowest BCUT2D eigenvalue weighted by atomic mass is 10.0. The summed E-state index contributed by atoms with van der Waals surface area (Å²) in [7, 11) is 0. The number of hydrogen-bond acceptors (Lipinski definition) is 6. The van der Waals surface area contributed by atoms with E-state index in [4.69, 9.17) is 21.1 Å². The molecular weight excluding hydrogens is 394 g/mol. The zero-order valence-electron chi connectivity index (χ0n) is 15.9. The largest absolute Gasteiger partial charge is 0.467 e. The van der Waals surface area contributed by atoms with E-state index in [0.717, 1.165) is 13.1 Å². The molecule has 8 heteroatoms. The molecule has 0 saturated carbocycles. The minimum absolute atomic E-state index is 0.0930. The van der Waals surface area contributed by atoms with Gasteiger partial charge >= 0.3 is 0 Å². The number of β-amino-alcohol motifs (C(OH)–C–C–N with tert-alkyl or cyclic N) is 1. The summed E-state index contributed by atoms with van der Waals surface area (Å²) in [5.41, 5.74) is 1.49. The Bertz CT molecular complexity index is 916. The van der Waals surface area contributed by atoms with Crippen molar-refractivity contribution in [3.63, 3.8) is 0 Å². The van der Waals surface area contributed by atoms with Crippen LogP contribution < -0.4 is 0 Å². The van der Waals surface area contributed by atoms with Gasteiger partial charge in [-0.3, -0.25) is 19.4 Å². The fourth-order valence-corrected chi connectivity index (χ4v) is 3.90. The zero-order chi connectivity index (χ0) is 20.4. The van der Waals surface area contributed by atoms with Crippen molar-refractivity contribution in [1.82, 2.24) is 14.7 Å². The van der Waals surface area contributed by atoms with Crippen molar-refractivity contribution in [2.75, 3.05) is 39.3 Å². The third kappa shape index (κ3) is 3.94. The highest BCUT2D eigenvalue weighted by Gasteiger charge is 2.42. The number of furan rings is 1. The number of halogens is 1.